The van der Waals surface area contributed by atoms with Gasteiger partial charge in [-0.1, -0.05) is 32.0 Å². The molecule has 1 aromatic carbocycles. The maximum absolute atomic E-state index is 12.8. The number of nitrogens with zero attached hydrogens (tertiary/aromatic N) is 2. The van der Waals surface area contributed by atoms with Gasteiger partial charge in [0.2, 0.25) is 5.91 Å². The van der Waals surface area contributed by atoms with Gasteiger partial charge < -0.3 is 10.2 Å². The van der Waals surface area contributed by atoms with Crippen LogP contribution in [0.3, 0.4) is 0 Å². The number of carbonyl (C=O) groups is 3. The minimum atomic E-state index is -1.20. The van der Waals surface area contributed by atoms with Crippen LogP contribution in [0.2, 0.25) is 0 Å². The van der Waals surface area contributed by atoms with Crippen molar-refractivity contribution in [1.29, 1.82) is 0 Å². The lowest BCUT2D eigenvalue weighted by Gasteiger charge is -2.35. The summed E-state index contributed by atoms with van der Waals surface area (Å²) < 4.78 is 0. The van der Waals surface area contributed by atoms with Crippen LogP contribution in [-0.2, 0) is 14.4 Å². The van der Waals surface area contributed by atoms with Crippen LogP contribution < -0.4 is 5.01 Å². The number of amides is 1. The maximum atomic E-state index is 12.8. The van der Waals surface area contributed by atoms with E-state index in [2.05, 4.69) is 0 Å². The van der Waals surface area contributed by atoms with Crippen LogP contribution >= 0.6 is 0 Å². The number of hydrogen-bond acceptors (Lipinski definition) is 4. The second-order valence-electron chi connectivity index (χ2n) is 5.11. The second kappa shape index (κ2) is 8.89. The summed E-state index contributed by atoms with van der Waals surface area (Å²) in [6.45, 7) is 2.59. The van der Waals surface area contributed by atoms with Crippen molar-refractivity contribution < 1.29 is 24.6 Å². The molecule has 0 saturated carbocycles. The lowest BCUT2D eigenvalue weighted by Crippen LogP contribution is -2.53. The van der Waals surface area contributed by atoms with Gasteiger partial charge in [0.25, 0.3) is 0 Å². The molecule has 1 aromatic rings. The zero-order valence-corrected chi connectivity index (χ0v) is 13.3. The normalized spacial score (nSPS) is 10.8. The fraction of sp³-hybridized carbons (Fsp3) is 0.438. The van der Waals surface area contributed by atoms with Crippen molar-refractivity contribution in [2.75, 3.05) is 18.1 Å². The fourth-order valence-corrected chi connectivity index (χ4v) is 2.32. The topological polar surface area (TPSA) is 98.2 Å². The highest BCUT2D eigenvalue weighted by Gasteiger charge is 2.30. The van der Waals surface area contributed by atoms with Gasteiger partial charge in [-0.05, 0) is 25.0 Å². The molecule has 126 valence electrons. The Morgan fingerprint density at radius 1 is 0.957 bits per heavy atom. The molecule has 0 aliphatic heterocycles. The predicted octanol–water partition coefficient (Wildman–Crippen LogP) is 1.84. The summed E-state index contributed by atoms with van der Waals surface area (Å²) in [5, 5.41) is 20.3. The lowest BCUT2D eigenvalue weighted by atomic mass is 10.0. The highest BCUT2D eigenvalue weighted by atomic mass is 16.4. The molecular weight excluding hydrogens is 300 g/mol. The van der Waals surface area contributed by atoms with Crippen molar-refractivity contribution in [3.63, 3.8) is 0 Å². The first kappa shape index (κ1) is 18.6. The third kappa shape index (κ3) is 5.37. The van der Waals surface area contributed by atoms with E-state index in [4.69, 9.17) is 10.2 Å². The molecule has 0 radical (unpaired) electrons. The zero-order chi connectivity index (χ0) is 17.4. The molecule has 0 aliphatic carbocycles. The van der Waals surface area contributed by atoms with Crippen LogP contribution in [0, 0.1) is 5.92 Å². The number of aliphatic carboxylic acids is 2. The van der Waals surface area contributed by atoms with Crippen LogP contribution in [0.25, 0.3) is 0 Å². The van der Waals surface area contributed by atoms with E-state index in [1.165, 1.54) is 5.01 Å². The van der Waals surface area contributed by atoms with E-state index < -0.39 is 25.0 Å². The summed E-state index contributed by atoms with van der Waals surface area (Å²) in [5.41, 5.74) is 0.451. The second-order valence-corrected chi connectivity index (χ2v) is 5.11. The summed E-state index contributed by atoms with van der Waals surface area (Å²) in [5.74, 6) is -3.02. The Bertz CT molecular complexity index is 527. The van der Waals surface area contributed by atoms with Gasteiger partial charge in [-0.25, -0.2) is 5.01 Å². The van der Waals surface area contributed by atoms with E-state index in [1.807, 2.05) is 13.8 Å². The number of carboxylic acid groups (broad SMARTS) is 2. The predicted molar refractivity (Wildman–Crippen MR) is 84.8 cm³/mol. The molecule has 0 spiro atoms. The van der Waals surface area contributed by atoms with E-state index in [9.17, 15) is 14.4 Å². The number of para-hydroxylation sites is 1. The Hall–Kier alpha value is -2.41. The summed E-state index contributed by atoms with van der Waals surface area (Å²) in [6.07, 6.45) is 1.18. The maximum Gasteiger partial charge on any atom is 0.319 e. The van der Waals surface area contributed by atoms with Gasteiger partial charge in [0.15, 0.2) is 0 Å². The third-order valence-corrected chi connectivity index (χ3v) is 3.46. The third-order valence-electron chi connectivity index (χ3n) is 3.46. The van der Waals surface area contributed by atoms with Gasteiger partial charge in [0, 0.05) is 5.92 Å². The van der Waals surface area contributed by atoms with Crippen molar-refractivity contribution >= 4 is 23.5 Å². The first-order chi connectivity index (χ1) is 10.9. The van der Waals surface area contributed by atoms with Crippen molar-refractivity contribution in [2.45, 2.75) is 26.7 Å². The Labute approximate surface area is 135 Å². The Balaban J connectivity index is 3.26. The quantitative estimate of drug-likeness (QED) is 0.673. The van der Waals surface area contributed by atoms with E-state index in [1.54, 1.807) is 30.3 Å². The van der Waals surface area contributed by atoms with E-state index >= 15 is 0 Å². The van der Waals surface area contributed by atoms with Crippen molar-refractivity contribution in [3.05, 3.63) is 30.3 Å². The van der Waals surface area contributed by atoms with Gasteiger partial charge in [-0.2, -0.15) is 5.01 Å². The SMILES string of the molecule is CCC(CC)C(=O)N(c1ccccc1)N(CC(=O)O)CC(=O)O. The molecule has 1 rings (SSSR count). The van der Waals surface area contributed by atoms with E-state index in [-0.39, 0.29) is 11.8 Å². The van der Waals surface area contributed by atoms with Gasteiger partial charge in [-0.15, -0.1) is 0 Å². The molecule has 1 amide bonds. The molecule has 0 saturated heterocycles. The minimum absolute atomic E-state index is 0.302. The Morgan fingerprint density at radius 2 is 1.43 bits per heavy atom. The first-order valence-corrected chi connectivity index (χ1v) is 7.48. The number of hydrazine groups is 1. The monoisotopic (exact) mass is 322 g/mol. The molecular formula is C16H22N2O5. The zero-order valence-electron chi connectivity index (χ0n) is 13.3. The Morgan fingerprint density at radius 3 is 1.83 bits per heavy atom. The summed E-state index contributed by atoms with van der Waals surface area (Å²) in [4.78, 5) is 35.0. The average Bonchev–Trinajstić information content (AvgIpc) is 2.48. The Kier molecular flexibility index (Phi) is 7.21. The number of hydrogen-bond donors (Lipinski definition) is 2. The molecule has 2 N–H and O–H groups in total. The number of rotatable bonds is 9. The number of carboxylic acids is 2. The van der Waals surface area contributed by atoms with Gasteiger partial charge in [0.05, 0.1) is 5.69 Å². The van der Waals surface area contributed by atoms with Crippen LogP contribution in [0.1, 0.15) is 26.7 Å². The molecule has 0 fully saturated rings. The molecule has 0 heterocycles. The molecule has 0 atom stereocenters. The van der Waals surface area contributed by atoms with Gasteiger partial charge in [-0.3, -0.25) is 14.4 Å². The standard InChI is InChI=1S/C16H22N2O5/c1-3-12(4-2)16(23)18(13-8-6-5-7-9-13)17(10-14(19)20)11-15(21)22/h5-9,12H,3-4,10-11H2,1-2H3,(H,19,20)(H,21,22). The largest absolute Gasteiger partial charge is 0.480 e. The molecule has 0 aliphatic rings. The summed E-state index contributed by atoms with van der Waals surface area (Å²) in [6, 6.07) is 8.49. The van der Waals surface area contributed by atoms with Crippen molar-refractivity contribution in [3.8, 4) is 0 Å². The smallest absolute Gasteiger partial charge is 0.319 e. The first-order valence-electron chi connectivity index (χ1n) is 7.48. The molecule has 7 nitrogen and oxygen atoms in total. The van der Waals surface area contributed by atoms with Crippen LogP contribution in [0.4, 0.5) is 5.69 Å². The van der Waals surface area contributed by atoms with Crippen LogP contribution in [-0.4, -0.2) is 46.2 Å². The van der Waals surface area contributed by atoms with Gasteiger partial charge in [0.1, 0.15) is 13.1 Å². The highest BCUT2D eigenvalue weighted by Crippen LogP contribution is 2.22. The minimum Gasteiger partial charge on any atom is -0.480 e. The molecule has 0 aromatic heterocycles. The van der Waals surface area contributed by atoms with Crippen LogP contribution in [0.15, 0.2) is 30.3 Å². The molecule has 0 unspecified atom stereocenters. The van der Waals surface area contributed by atoms with Crippen molar-refractivity contribution in [2.24, 2.45) is 5.92 Å². The van der Waals surface area contributed by atoms with Crippen LogP contribution in [0.5, 0.6) is 0 Å². The van der Waals surface area contributed by atoms with Gasteiger partial charge >= 0.3 is 11.9 Å². The average molecular weight is 322 g/mol. The highest BCUT2D eigenvalue weighted by molar-refractivity contribution is 5.95. The fourth-order valence-electron chi connectivity index (χ4n) is 2.32. The van der Waals surface area contributed by atoms with E-state index in [0.717, 1.165) is 5.01 Å². The molecule has 23 heavy (non-hydrogen) atoms. The van der Waals surface area contributed by atoms with E-state index in [0.29, 0.717) is 18.5 Å². The number of carbonyl (C=O) groups excluding carboxylic acids is 1. The molecule has 7 heteroatoms. The lowest BCUT2D eigenvalue weighted by molar-refractivity contribution is -0.143. The van der Waals surface area contributed by atoms with Crippen molar-refractivity contribution in [1.82, 2.24) is 5.01 Å². The number of anilines is 1. The molecule has 0 bridgehead atoms. The summed E-state index contributed by atoms with van der Waals surface area (Å²) in [7, 11) is 0. The number of benzene rings is 1. The summed E-state index contributed by atoms with van der Waals surface area (Å²) >= 11 is 0.